The normalized spacial score (nSPS) is 17.4. The Bertz CT molecular complexity index is 613. The van der Waals surface area contributed by atoms with Gasteiger partial charge in [-0.1, -0.05) is 51.1 Å². The Morgan fingerprint density at radius 1 is 1.21 bits per heavy atom. The molecule has 5 nitrogen and oxygen atoms in total. The zero-order valence-electron chi connectivity index (χ0n) is 17.8. The SMILES string of the molecule is CCNC(=NCC1CC(=O)N(CCc2ccccc2)C1)NCCC(C)(C)C.I. The highest BCUT2D eigenvalue weighted by Crippen LogP contribution is 2.19. The molecule has 2 N–H and O–H groups in total. The van der Waals surface area contributed by atoms with E-state index in [0.717, 1.165) is 45.0 Å². The van der Waals surface area contributed by atoms with Crippen LogP contribution in [0.5, 0.6) is 0 Å². The molecule has 1 aliphatic heterocycles. The quantitative estimate of drug-likeness (QED) is 0.325. The lowest BCUT2D eigenvalue weighted by Crippen LogP contribution is -2.39. The molecule has 0 bridgehead atoms. The van der Waals surface area contributed by atoms with Crippen LogP contribution in [0, 0.1) is 11.3 Å². The number of likely N-dealkylation sites (tertiary alicyclic amines) is 1. The fraction of sp³-hybridized carbons (Fsp3) is 0.636. The van der Waals surface area contributed by atoms with E-state index in [4.69, 9.17) is 4.99 Å². The molecule has 0 radical (unpaired) electrons. The van der Waals surface area contributed by atoms with Crippen LogP contribution in [-0.4, -0.2) is 49.5 Å². The lowest BCUT2D eigenvalue weighted by Gasteiger charge is -2.20. The number of carbonyl (C=O) groups is 1. The summed E-state index contributed by atoms with van der Waals surface area (Å²) in [7, 11) is 0. The van der Waals surface area contributed by atoms with Crippen molar-refractivity contribution in [1.82, 2.24) is 15.5 Å². The molecule has 158 valence electrons. The number of carbonyl (C=O) groups excluding carboxylic acids is 1. The van der Waals surface area contributed by atoms with Gasteiger partial charge in [-0.3, -0.25) is 9.79 Å². The van der Waals surface area contributed by atoms with Crippen molar-refractivity contribution in [2.24, 2.45) is 16.3 Å². The molecule has 0 aliphatic carbocycles. The molecule has 1 fully saturated rings. The van der Waals surface area contributed by atoms with E-state index in [2.05, 4.69) is 50.5 Å². The van der Waals surface area contributed by atoms with Gasteiger partial charge in [0.1, 0.15) is 0 Å². The Labute approximate surface area is 187 Å². The van der Waals surface area contributed by atoms with Crippen LogP contribution in [0.1, 0.15) is 46.1 Å². The molecule has 0 aromatic heterocycles. The zero-order valence-corrected chi connectivity index (χ0v) is 20.2. The van der Waals surface area contributed by atoms with E-state index >= 15 is 0 Å². The molecular formula is C22H37IN4O. The summed E-state index contributed by atoms with van der Waals surface area (Å²) in [6, 6.07) is 10.4. The first-order valence-electron chi connectivity index (χ1n) is 10.2. The molecule has 1 heterocycles. The number of aliphatic imine (C=N–C) groups is 1. The van der Waals surface area contributed by atoms with Gasteiger partial charge >= 0.3 is 0 Å². The van der Waals surface area contributed by atoms with Crippen LogP contribution in [0.25, 0.3) is 0 Å². The Kier molecular flexibility index (Phi) is 10.9. The Morgan fingerprint density at radius 2 is 1.93 bits per heavy atom. The number of hydrogen-bond acceptors (Lipinski definition) is 2. The summed E-state index contributed by atoms with van der Waals surface area (Å²) in [5.74, 6) is 1.43. The van der Waals surface area contributed by atoms with Crippen molar-refractivity contribution in [3.63, 3.8) is 0 Å². The maximum Gasteiger partial charge on any atom is 0.223 e. The van der Waals surface area contributed by atoms with Gasteiger partial charge in [0.2, 0.25) is 5.91 Å². The van der Waals surface area contributed by atoms with Gasteiger partial charge in [-0.2, -0.15) is 0 Å². The molecule has 0 saturated carbocycles. The van der Waals surface area contributed by atoms with Crippen LogP contribution in [-0.2, 0) is 11.2 Å². The molecule has 1 aromatic rings. The lowest BCUT2D eigenvalue weighted by molar-refractivity contribution is -0.127. The standard InChI is InChI=1S/C22H36N4O.HI/c1-5-23-21(24-13-12-22(2,3)4)25-16-19-15-20(27)26(17-19)14-11-18-9-7-6-8-10-18;/h6-10,19H,5,11-17H2,1-4H3,(H2,23,24,25);1H. The summed E-state index contributed by atoms with van der Waals surface area (Å²) in [5.41, 5.74) is 1.59. The number of amides is 1. The number of benzene rings is 1. The zero-order chi connectivity index (χ0) is 19.7. The molecule has 1 aromatic carbocycles. The highest BCUT2D eigenvalue weighted by molar-refractivity contribution is 14.0. The molecule has 2 rings (SSSR count). The monoisotopic (exact) mass is 500 g/mol. The van der Waals surface area contributed by atoms with E-state index in [0.29, 0.717) is 24.3 Å². The van der Waals surface area contributed by atoms with E-state index in [1.807, 2.05) is 23.1 Å². The molecule has 1 unspecified atom stereocenters. The van der Waals surface area contributed by atoms with Gasteiger partial charge in [0.05, 0.1) is 0 Å². The van der Waals surface area contributed by atoms with E-state index in [1.165, 1.54) is 5.56 Å². The van der Waals surface area contributed by atoms with Crippen LogP contribution in [0.4, 0.5) is 0 Å². The summed E-state index contributed by atoms with van der Waals surface area (Å²) < 4.78 is 0. The number of nitrogens with zero attached hydrogens (tertiary/aromatic N) is 2. The number of halogens is 1. The second-order valence-electron chi connectivity index (χ2n) is 8.60. The second kappa shape index (κ2) is 12.3. The van der Waals surface area contributed by atoms with Crippen molar-refractivity contribution in [1.29, 1.82) is 0 Å². The van der Waals surface area contributed by atoms with Gasteiger partial charge in [0.15, 0.2) is 5.96 Å². The molecule has 6 heteroatoms. The Morgan fingerprint density at radius 3 is 2.57 bits per heavy atom. The number of guanidine groups is 1. The van der Waals surface area contributed by atoms with Gasteiger partial charge in [0, 0.05) is 45.1 Å². The highest BCUT2D eigenvalue weighted by Gasteiger charge is 2.29. The van der Waals surface area contributed by atoms with E-state index in [-0.39, 0.29) is 29.9 Å². The minimum Gasteiger partial charge on any atom is -0.357 e. The fourth-order valence-corrected chi connectivity index (χ4v) is 3.22. The van der Waals surface area contributed by atoms with Gasteiger partial charge in [-0.15, -0.1) is 24.0 Å². The molecule has 28 heavy (non-hydrogen) atoms. The summed E-state index contributed by atoms with van der Waals surface area (Å²) in [5, 5.41) is 6.71. The number of rotatable bonds is 8. The van der Waals surface area contributed by atoms with Crippen molar-refractivity contribution < 1.29 is 4.79 Å². The predicted octanol–water partition coefficient (Wildman–Crippen LogP) is 3.69. The molecule has 1 saturated heterocycles. The van der Waals surface area contributed by atoms with Crippen molar-refractivity contribution in [2.75, 3.05) is 32.7 Å². The summed E-state index contributed by atoms with van der Waals surface area (Å²) in [6.07, 6.45) is 2.62. The fourth-order valence-electron chi connectivity index (χ4n) is 3.22. The first-order valence-corrected chi connectivity index (χ1v) is 10.2. The van der Waals surface area contributed by atoms with Crippen molar-refractivity contribution >= 4 is 35.8 Å². The van der Waals surface area contributed by atoms with Gasteiger partial charge < -0.3 is 15.5 Å². The topological polar surface area (TPSA) is 56.7 Å². The maximum atomic E-state index is 12.3. The lowest BCUT2D eigenvalue weighted by atomic mass is 9.92. The third-order valence-electron chi connectivity index (χ3n) is 4.83. The average molecular weight is 500 g/mol. The van der Waals surface area contributed by atoms with E-state index in [1.54, 1.807) is 0 Å². The van der Waals surface area contributed by atoms with Crippen molar-refractivity contribution in [3.8, 4) is 0 Å². The van der Waals surface area contributed by atoms with Gasteiger partial charge in [0.25, 0.3) is 0 Å². The number of hydrogen-bond donors (Lipinski definition) is 2. The summed E-state index contributed by atoms with van der Waals surface area (Å²) in [6.45, 7) is 12.9. The largest absolute Gasteiger partial charge is 0.357 e. The minimum atomic E-state index is 0. The average Bonchev–Trinajstić information content (AvgIpc) is 2.97. The van der Waals surface area contributed by atoms with E-state index < -0.39 is 0 Å². The van der Waals surface area contributed by atoms with Crippen LogP contribution in [0.3, 0.4) is 0 Å². The smallest absolute Gasteiger partial charge is 0.223 e. The molecule has 1 amide bonds. The molecule has 0 spiro atoms. The maximum absolute atomic E-state index is 12.3. The second-order valence-corrected chi connectivity index (χ2v) is 8.60. The third-order valence-corrected chi connectivity index (χ3v) is 4.83. The third kappa shape index (κ3) is 9.26. The summed E-state index contributed by atoms with van der Waals surface area (Å²) in [4.78, 5) is 19.0. The van der Waals surface area contributed by atoms with Crippen molar-refractivity contribution in [2.45, 2.75) is 47.0 Å². The number of nitrogens with one attached hydrogen (secondary N) is 2. The molecule has 1 aliphatic rings. The Balaban J connectivity index is 0.00000392. The van der Waals surface area contributed by atoms with E-state index in [9.17, 15) is 4.79 Å². The van der Waals surface area contributed by atoms with Crippen molar-refractivity contribution in [3.05, 3.63) is 35.9 Å². The van der Waals surface area contributed by atoms with Crippen LogP contribution < -0.4 is 10.6 Å². The van der Waals surface area contributed by atoms with Crippen LogP contribution in [0.15, 0.2) is 35.3 Å². The predicted molar refractivity (Wildman–Crippen MR) is 128 cm³/mol. The van der Waals surface area contributed by atoms with Gasteiger partial charge in [-0.25, -0.2) is 0 Å². The van der Waals surface area contributed by atoms with Crippen LogP contribution >= 0.6 is 24.0 Å². The highest BCUT2D eigenvalue weighted by atomic mass is 127. The Hall–Kier alpha value is -1.31. The van der Waals surface area contributed by atoms with Gasteiger partial charge in [-0.05, 0) is 30.7 Å². The van der Waals surface area contributed by atoms with Crippen LogP contribution in [0.2, 0.25) is 0 Å². The molecule has 1 atom stereocenters. The first kappa shape index (κ1) is 24.7. The first-order chi connectivity index (χ1) is 12.9. The summed E-state index contributed by atoms with van der Waals surface area (Å²) >= 11 is 0. The molecular weight excluding hydrogens is 463 g/mol. The minimum absolute atomic E-state index is 0.